The zero-order valence-electron chi connectivity index (χ0n) is 10.5. The first-order chi connectivity index (χ1) is 7.22. The predicted octanol–water partition coefficient (Wildman–Crippen LogP) is 2.77. The van der Waals surface area contributed by atoms with Crippen LogP contribution in [0.25, 0.3) is 0 Å². The second kappa shape index (κ2) is 5.32. The SMILES string of the molecule is CCC(CC)(CCC(C)(C)C(=O)O)C(=O)O. The molecule has 0 fully saturated rings. The van der Waals surface area contributed by atoms with Crippen LogP contribution in [0.2, 0.25) is 0 Å². The second-order valence-electron chi connectivity index (χ2n) is 4.98. The van der Waals surface area contributed by atoms with Gasteiger partial charge in [0.1, 0.15) is 0 Å². The van der Waals surface area contributed by atoms with Crippen molar-refractivity contribution in [1.29, 1.82) is 0 Å². The number of aliphatic carboxylic acids is 2. The van der Waals surface area contributed by atoms with Crippen LogP contribution in [0.15, 0.2) is 0 Å². The Morgan fingerprint density at radius 3 is 1.62 bits per heavy atom. The predicted molar refractivity (Wildman–Crippen MR) is 61.3 cm³/mol. The zero-order chi connectivity index (χ0) is 13.0. The molecule has 0 aromatic rings. The van der Waals surface area contributed by atoms with Crippen LogP contribution in [0.5, 0.6) is 0 Å². The first kappa shape index (κ1) is 14.9. The molecular weight excluding hydrogens is 208 g/mol. The lowest BCUT2D eigenvalue weighted by Gasteiger charge is -2.30. The minimum absolute atomic E-state index is 0.385. The molecule has 2 N–H and O–H groups in total. The van der Waals surface area contributed by atoms with Crippen LogP contribution in [0.3, 0.4) is 0 Å². The minimum Gasteiger partial charge on any atom is -0.481 e. The van der Waals surface area contributed by atoms with Crippen molar-refractivity contribution < 1.29 is 19.8 Å². The summed E-state index contributed by atoms with van der Waals surface area (Å²) in [4.78, 5) is 22.2. The summed E-state index contributed by atoms with van der Waals surface area (Å²) < 4.78 is 0. The third kappa shape index (κ3) is 3.22. The molecule has 0 rings (SSSR count). The summed E-state index contributed by atoms with van der Waals surface area (Å²) >= 11 is 0. The van der Waals surface area contributed by atoms with Crippen LogP contribution < -0.4 is 0 Å². The van der Waals surface area contributed by atoms with Crippen LogP contribution in [-0.4, -0.2) is 22.2 Å². The lowest BCUT2D eigenvalue weighted by Crippen LogP contribution is -2.33. The van der Waals surface area contributed by atoms with Crippen molar-refractivity contribution in [2.24, 2.45) is 10.8 Å². The third-order valence-electron chi connectivity index (χ3n) is 3.61. The molecule has 0 spiro atoms. The molecule has 0 amide bonds. The Morgan fingerprint density at radius 2 is 1.38 bits per heavy atom. The van der Waals surface area contributed by atoms with Crippen molar-refractivity contribution in [2.75, 3.05) is 0 Å². The van der Waals surface area contributed by atoms with Gasteiger partial charge in [-0.05, 0) is 39.5 Å². The average Bonchev–Trinajstić information content (AvgIpc) is 2.19. The summed E-state index contributed by atoms with van der Waals surface area (Å²) in [6, 6.07) is 0. The quantitative estimate of drug-likeness (QED) is 0.705. The van der Waals surface area contributed by atoms with E-state index in [1.54, 1.807) is 13.8 Å². The molecule has 0 aromatic heterocycles. The van der Waals surface area contributed by atoms with Gasteiger partial charge >= 0.3 is 11.9 Å². The smallest absolute Gasteiger partial charge is 0.309 e. The van der Waals surface area contributed by atoms with Crippen LogP contribution in [0, 0.1) is 10.8 Å². The molecule has 0 aliphatic carbocycles. The topological polar surface area (TPSA) is 74.6 Å². The van der Waals surface area contributed by atoms with E-state index in [2.05, 4.69) is 0 Å². The average molecular weight is 230 g/mol. The Bertz CT molecular complexity index is 264. The lowest BCUT2D eigenvalue weighted by molar-refractivity contribution is -0.153. The minimum atomic E-state index is -0.876. The number of rotatable bonds is 7. The molecule has 0 aliphatic heterocycles. The van der Waals surface area contributed by atoms with Gasteiger partial charge in [0.2, 0.25) is 0 Å². The molecule has 0 atom stereocenters. The van der Waals surface area contributed by atoms with E-state index in [-0.39, 0.29) is 0 Å². The maximum Gasteiger partial charge on any atom is 0.309 e. The van der Waals surface area contributed by atoms with E-state index in [0.717, 1.165) is 0 Å². The highest BCUT2D eigenvalue weighted by Crippen LogP contribution is 2.36. The summed E-state index contributed by atoms with van der Waals surface area (Å²) in [6.45, 7) is 6.94. The third-order valence-corrected chi connectivity index (χ3v) is 3.61. The standard InChI is InChI=1S/C12H22O4/c1-5-12(6-2,10(15)16)8-7-11(3,4)9(13)14/h5-8H2,1-4H3,(H,13,14)(H,15,16). The molecule has 0 aliphatic rings. The molecule has 16 heavy (non-hydrogen) atoms. The summed E-state index contributed by atoms with van der Waals surface area (Å²) in [5, 5.41) is 18.2. The highest BCUT2D eigenvalue weighted by Gasteiger charge is 2.38. The summed E-state index contributed by atoms with van der Waals surface area (Å²) in [6.07, 6.45) is 1.87. The Kier molecular flexibility index (Phi) is 4.97. The number of carboxylic acids is 2. The molecule has 4 heteroatoms. The van der Waals surface area contributed by atoms with Gasteiger partial charge in [-0.15, -0.1) is 0 Å². The van der Waals surface area contributed by atoms with Crippen LogP contribution in [0.4, 0.5) is 0 Å². The monoisotopic (exact) mass is 230 g/mol. The molecule has 4 nitrogen and oxygen atoms in total. The molecule has 0 bridgehead atoms. The van der Waals surface area contributed by atoms with E-state index in [4.69, 9.17) is 5.11 Å². The molecular formula is C12H22O4. The zero-order valence-corrected chi connectivity index (χ0v) is 10.5. The van der Waals surface area contributed by atoms with Gasteiger partial charge in [-0.1, -0.05) is 13.8 Å². The Labute approximate surface area is 96.7 Å². The maximum absolute atomic E-state index is 11.2. The Balaban J connectivity index is 4.68. The fourth-order valence-electron chi connectivity index (χ4n) is 1.67. The maximum atomic E-state index is 11.2. The highest BCUT2D eigenvalue weighted by atomic mass is 16.4. The second-order valence-corrected chi connectivity index (χ2v) is 4.98. The Hall–Kier alpha value is -1.06. The van der Waals surface area contributed by atoms with E-state index < -0.39 is 22.8 Å². The first-order valence-corrected chi connectivity index (χ1v) is 5.68. The number of carbonyl (C=O) groups is 2. The van der Waals surface area contributed by atoms with Crippen molar-refractivity contribution in [3.05, 3.63) is 0 Å². The van der Waals surface area contributed by atoms with Gasteiger partial charge in [0.15, 0.2) is 0 Å². The molecule has 0 saturated carbocycles. The largest absolute Gasteiger partial charge is 0.481 e. The summed E-state index contributed by atoms with van der Waals surface area (Å²) in [7, 11) is 0. The molecule has 0 aromatic carbocycles. The molecule has 0 saturated heterocycles. The van der Waals surface area contributed by atoms with Gasteiger partial charge in [-0.25, -0.2) is 0 Å². The van der Waals surface area contributed by atoms with Gasteiger partial charge in [0.25, 0.3) is 0 Å². The highest BCUT2D eigenvalue weighted by molar-refractivity contribution is 5.75. The van der Waals surface area contributed by atoms with Crippen molar-refractivity contribution in [3.63, 3.8) is 0 Å². The molecule has 0 heterocycles. The summed E-state index contributed by atoms with van der Waals surface area (Å²) in [5.41, 5.74) is -1.63. The van der Waals surface area contributed by atoms with Crippen LogP contribution in [-0.2, 0) is 9.59 Å². The van der Waals surface area contributed by atoms with Crippen molar-refractivity contribution in [2.45, 2.75) is 53.4 Å². The van der Waals surface area contributed by atoms with E-state index in [0.29, 0.717) is 25.7 Å². The van der Waals surface area contributed by atoms with Gasteiger partial charge in [0.05, 0.1) is 10.8 Å². The van der Waals surface area contributed by atoms with Crippen molar-refractivity contribution >= 4 is 11.9 Å². The van der Waals surface area contributed by atoms with Crippen molar-refractivity contribution in [3.8, 4) is 0 Å². The number of hydrogen-bond donors (Lipinski definition) is 2. The van der Waals surface area contributed by atoms with Gasteiger partial charge < -0.3 is 10.2 Å². The van der Waals surface area contributed by atoms with E-state index in [1.165, 1.54) is 0 Å². The van der Waals surface area contributed by atoms with E-state index >= 15 is 0 Å². The fraction of sp³-hybridized carbons (Fsp3) is 0.833. The van der Waals surface area contributed by atoms with E-state index in [1.807, 2.05) is 13.8 Å². The number of carboxylic acid groups (broad SMARTS) is 2. The summed E-state index contributed by atoms with van der Waals surface area (Å²) in [5.74, 6) is -1.70. The Morgan fingerprint density at radius 1 is 0.938 bits per heavy atom. The molecule has 0 unspecified atom stereocenters. The van der Waals surface area contributed by atoms with Crippen LogP contribution in [0.1, 0.15) is 53.4 Å². The normalized spacial score (nSPS) is 12.5. The molecule has 0 radical (unpaired) electrons. The number of hydrogen-bond acceptors (Lipinski definition) is 2. The van der Waals surface area contributed by atoms with Gasteiger partial charge in [-0.2, -0.15) is 0 Å². The first-order valence-electron chi connectivity index (χ1n) is 5.68. The van der Waals surface area contributed by atoms with E-state index in [9.17, 15) is 14.7 Å². The van der Waals surface area contributed by atoms with Gasteiger partial charge in [0, 0.05) is 0 Å². The molecule has 94 valence electrons. The van der Waals surface area contributed by atoms with Crippen LogP contribution >= 0.6 is 0 Å². The lowest BCUT2D eigenvalue weighted by atomic mass is 9.73. The van der Waals surface area contributed by atoms with Crippen molar-refractivity contribution in [1.82, 2.24) is 0 Å². The fourth-order valence-corrected chi connectivity index (χ4v) is 1.67. The van der Waals surface area contributed by atoms with Gasteiger partial charge in [-0.3, -0.25) is 9.59 Å².